The van der Waals surface area contributed by atoms with Gasteiger partial charge in [0.2, 0.25) is 5.91 Å². The Morgan fingerprint density at radius 1 is 1.00 bits per heavy atom. The van der Waals surface area contributed by atoms with Crippen molar-refractivity contribution in [2.24, 2.45) is 0 Å². The Bertz CT molecular complexity index is 1010. The monoisotopic (exact) mass is 365 g/mol. The summed E-state index contributed by atoms with van der Waals surface area (Å²) in [6, 6.07) is 11.5. The second kappa shape index (κ2) is 6.88. The molecule has 6 heteroatoms. The molecule has 3 aromatic rings. The van der Waals surface area contributed by atoms with E-state index in [0.717, 1.165) is 28.7 Å². The average molecular weight is 365 g/mol. The van der Waals surface area contributed by atoms with E-state index < -0.39 is 0 Å². The zero-order valence-electron chi connectivity index (χ0n) is 14.5. The molecule has 1 heterocycles. The van der Waals surface area contributed by atoms with Crippen molar-refractivity contribution in [3.05, 3.63) is 53.1 Å². The summed E-state index contributed by atoms with van der Waals surface area (Å²) in [7, 11) is 0. The van der Waals surface area contributed by atoms with Gasteiger partial charge in [-0.3, -0.25) is 14.9 Å². The van der Waals surface area contributed by atoms with E-state index in [9.17, 15) is 9.59 Å². The number of thiazole rings is 1. The molecule has 0 atom stereocenters. The van der Waals surface area contributed by atoms with Crippen LogP contribution in [0.25, 0.3) is 10.2 Å². The third-order valence-electron chi connectivity index (χ3n) is 4.54. The minimum absolute atomic E-state index is 0.116. The van der Waals surface area contributed by atoms with Crippen molar-refractivity contribution in [1.82, 2.24) is 4.98 Å². The van der Waals surface area contributed by atoms with Crippen molar-refractivity contribution in [3.63, 3.8) is 0 Å². The Hall–Kier alpha value is -2.73. The van der Waals surface area contributed by atoms with Crippen molar-refractivity contribution in [1.29, 1.82) is 0 Å². The van der Waals surface area contributed by atoms with E-state index in [1.54, 1.807) is 6.07 Å². The fraction of sp³-hybridized carbons (Fsp3) is 0.250. The third-order valence-corrected chi connectivity index (χ3v) is 5.47. The normalized spacial score (nSPS) is 13.3. The Labute approximate surface area is 155 Å². The van der Waals surface area contributed by atoms with Crippen LogP contribution in [0.5, 0.6) is 0 Å². The predicted molar refractivity (Wildman–Crippen MR) is 105 cm³/mol. The van der Waals surface area contributed by atoms with Crippen LogP contribution in [0.1, 0.15) is 41.3 Å². The number of aromatic nitrogens is 1. The maximum absolute atomic E-state index is 12.6. The highest BCUT2D eigenvalue weighted by Gasteiger charge is 2.14. The second-order valence-corrected chi connectivity index (χ2v) is 7.56. The third kappa shape index (κ3) is 3.46. The molecule has 2 aromatic carbocycles. The molecular formula is C20H19N3O2S. The standard InChI is InChI=1S/C20H19N3O2S/c1-12(24)21-16-8-9-17-18(11-16)26-20(22-17)23-19(25)15-7-6-13-4-2-3-5-14(13)10-15/h6-11H,2-5H2,1H3,(H,21,24)(H,22,23,25). The summed E-state index contributed by atoms with van der Waals surface area (Å²) in [6.45, 7) is 1.47. The van der Waals surface area contributed by atoms with E-state index >= 15 is 0 Å². The molecule has 132 valence electrons. The van der Waals surface area contributed by atoms with Crippen LogP contribution in [0.15, 0.2) is 36.4 Å². The summed E-state index contributed by atoms with van der Waals surface area (Å²) in [6.07, 6.45) is 4.56. The molecule has 2 amide bonds. The van der Waals surface area contributed by atoms with Crippen molar-refractivity contribution < 1.29 is 9.59 Å². The van der Waals surface area contributed by atoms with E-state index in [2.05, 4.69) is 21.7 Å². The largest absolute Gasteiger partial charge is 0.326 e. The van der Waals surface area contributed by atoms with Gasteiger partial charge in [-0.1, -0.05) is 17.4 Å². The number of aryl methyl sites for hydroxylation is 2. The van der Waals surface area contributed by atoms with E-state index in [1.165, 1.54) is 42.2 Å². The van der Waals surface area contributed by atoms with Gasteiger partial charge >= 0.3 is 0 Å². The van der Waals surface area contributed by atoms with Crippen LogP contribution in [0.2, 0.25) is 0 Å². The first kappa shape index (κ1) is 16.7. The molecule has 0 saturated carbocycles. The van der Waals surface area contributed by atoms with Gasteiger partial charge in [-0.25, -0.2) is 4.98 Å². The van der Waals surface area contributed by atoms with E-state index in [0.29, 0.717) is 10.7 Å². The number of nitrogens with zero attached hydrogens (tertiary/aromatic N) is 1. The summed E-state index contributed by atoms with van der Waals surface area (Å²) in [5.41, 5.74) is 4.83. The number of hydrogen-bond acceptors (Lipinski definition) is 4. The molecule has 4 rings (SSSR count). The van der Waals surface area contributed by atoms with Gasteiger partial charge in [0.1, 0.15) is 0 Å². The molecule has 0 bridgehead atoms. The van der Waals surface area contributed by atoms with Gasteiger partial charge in [-0.05, 0) is 67.1 Å². The smallest absolute Gasteiger partial charge is 0.257 e. The van der Waals surface area contributed by atoms with Crippen molar-refractivity contribution in [2.45, 2.75) is 32.6 Å². The van der Waals surface area contributed by atoms with E-state index in [1.807, 2.05) is 24.3 Å². The van der Waals surface area contributed by atoms with Crippen LogP contribution in [-0.4, -0.2) is 16.8 Å². The molecule has 0 fully saturated rings. The van der Waals surface area contributed by atoms with Gasteiger partial charge in [-0.2, -0.15) is 0 Å². The number of hydrogen-bond donors (Lipinski definition) is 2. The predicted octanol–water partition coefficient (Wildman–Crippen LogP) is 4.39. The average Bonchev–Trinajstić information content (AvgIpc) is 3.02. The molecule has 2 N–H and O–H groups in total. The number of fused-ring (bicyclic) bond motifs is 2. The Kier molecular flexibility index (Phi) is 4.42. The highest BCUT2D eigenvalue weighted by molar-refractivity contribution is 7.22. The van der Waals surface area contributed by atoms with Gasteiger partial charge in [0.05, 0.1) is 10.2 Å². The van der Waals surface area contributed by atoms with Gasteiger partial charge in [0.15, 0.2) is 5.13 Å². The van der Waals surface area contributed by atoms with Gasteiger partial charge in [0.25, 0.3) is 5.91 Å². The first-order valence-corrected chi connectivity index (χ1v) is 9.51. The number of nitrogens with one attached hydrogen (secondary N) is 2. The zero-order chi connectivity index (χ0) is 18.1. The number of carbonyl (C=O) groups is 2. The number of anilines is 2. The molecular weight excluding hydrogens is 346 g/mol. The maximum Gasteiger partial charge on any atom is 0.257 e. The number of benzene rings is 2. The number of carbonyl (C=O) groups excluding carboxylic acids is 2. The molecule has 1 aliphatic rings. The second-order valence-electron chi connectivity index (χ2n) is 6.53. The van der Waals surface area contributed by atoms with E-state index in [-0.39, 0.29) is 11.8 Å². The van der Waals surface area contributed by atoms with Crippen LogP contribution in [0.3, 0.4) is 0 Å². The molecule has 1 aliphatic carbocycles. The zero-order valence-corrected chi connectivity index (χ0v) is 15.3. The van der Waals surface area contributed by atoms with Crippen LogP contribution in [0, 0.1) is 0 Å². The molecule has 0 saturated heterocycles. The minimum Gasteiger partial charge on any atom is -0.326 e. The van der Waals surface area contributed by atoms with Gasteiger partial charge in [0, 0.05) is 18.2 Å². The summed E-state index contributed by atoms with van der Waals surface area (Å²) in [5, 5.41) is 6.21. The molecule has 0 aliphatic heterocycles. The molecule has 0 radical (unpaired) electrons. The topological polar surface area (TPSA) is 71.1 Å². The Balaban J connectivity index is 1.54. The van der Waals surface area contributed by atoms with E-state index in [4.69, 9.17) is 0 Å². The summed E-state index contributed by atoms with van der Waals surface area (Å²) < 4.78 is 0.914. The maximum atomic E-state index is 12.6. The molecule has 26 heavy (non-hydrogen) atoms. The number of amides is 2. The lowest BCUT2D eigenvalue weighted by Gasteiger charge is -2.16. The highest BCUT2D eigenvalue weighted by atomic mass is 32.1. The molecule has 5 nitrogen and oxygen atoms in total. The molecule has 1 aromatic heterocycles. The lowest BCUT2D eigenvalue weighted by atomic mass is 9.90. The lowest BCUT2D eigenvalue weighted by molar-refractivity contribution is -0.114. The van der Waals surface area contributed by atoms with Gasteiger partial charge in [-0.15, -0.1) is 0 Å². The van der Waals surface area contributed by atoms with Crippen LogP contribution in [0.4, 0.5) is 10.8 Å². The van der Waals surface area contributed by atoms with Crippen molar-refractivity contribution in [2.75, 3.05) is 10.6 Å². The molecule has 0 unspecified atom stereocenters. The van der Waals surface area contributed by atoms with Crippen LogP contribution < -0.4 is 10.6 Å². The van der Waals surface area contributed by atoms with Gasteiger partial charge < -0.3 is 5.32 Å². The first-order valence-electron chi connectivity index (χ1n) is 8.70. The Morgan fingerprint density at radius 3 is 2.62 bits per heavy atom. The lowest BCUT2D eigenvalue weighted by Crippen LogP contribution is -2.13. The summed E-state index contributed by atoms with van der Waals surface area (Å²) >= 11 is 1.40. The number of rotatable bonds is 3. The van der Waals surface area contributed by atoms with Crippen LogP contribution in [-0.2, 0) is 17.6 Å². The SMILES string of the molecule is CC(=O)Nc1ccc2nc(NC(=O)c3ccc4c(c3)CCCC4)sc2c1. The first-order chi connectivity index (χ1) is 12.6. The summed E-state index contributed by atoms with van der Waals surface area (Å²) in [4.78, 5) is 28.2. The fourth-order valence-corrected chi connectivity index (χ4v) is 4.20. The van der Waals surface area contributed by atoms with Crippen molar-refractivity contribution >= 4 is 44.2 Å². The molecule has 0 spiro atoms. The fourth-order valence-electron chi connectivity index (χ4n) is 3.30. The quantitative estimate of drug-likeness (QED) is 0.723. The highest BCUT2D eigenvalue weighted by Crippen LogP contribution is 2.29. The van der Waals surface area contributed by atoms with Crippen molar-refractivity contribution in [3.8, 4) is 0 Å². The van der Waals surface area contributed by atoms with Crippen LogP contribution >= 0.6 is 11.3 Å². The minimum atomic E-state index is -0.139. The summed E-state index contributed by atoms with van der Waals surface area (Å²) in [5.74, 6) is -0.255. The Morgan fingerprint density at radius 2 is 1.81 bits per heavy atom.